The Kier molecular flexibility index (Phi) is 6.08. The molecular weight excluding hydrogens is 402 g/mol. The quantitative estimate of drug-likeness (QED) is 0.424. The molecule has 1 heterocycles. The summed E-state index contributed by atoms with van der Waals surface area (Å²) < 4.78 is 5.70. The molecule has 1 saturated heterocycles. The molecule has 6 aliphatic rings. The summed E-state index contributed by atoms with van der Waals surface area (Å²) in [5.74, 6) is 3.64. The number of ether oxygens (including phenoxy) is 1. The van der Waals surface area contributed by atoms with Crippen molar-refractivity contribution in [3.63, 3.8) is 0 Å². The molecule has 6 rings (SSSR count). The highest BCUT2D eigenvalue weighted by molar-refractivity contribution is 5.77. The molecule has 0 aromatic rings. The lowest BCUT2D eigenvalue weighted by molar-refractivity contribution is -0.137. The third kappa shape index (κ3) is 4.00. The van der Waals surface area contributed by atoms with E-state index in [0.717, 1.165) is 82.2 Å². The highest BCUT2D eigenvalue weighted by atomic mass is 16.5. The lowest BCUT2D eigenvalue weighted by Gasteiger charge is -2.56. The first-order valence-corrected chi connectivity index (χ1v) is 12.8. The Balaban J connectivity index is 1.21. The van der Waals surface area contributed by atoms with Gasteiger partial charge in [-0.2, -0.15) is 0 Å². The van der Waals surface area contributed by atoms with Crippen molar-refractivity contribution in [2.24, 2.45) is 34.1 Å². The average molecular weight is 444 g/mol. The maximum absolute atomic E-state index is 13.5. The molecule has 32 heavy (non-hydrogen) atoms. The molecular formula is C25H41N5O2. The van der Waals surface area contributed by atoms with Crippen molar-refractivity contribution in [2.45, 2.75) is 70.4 Å². The molecule has 6 unspecified atom stereocenters. The van der Waals surface area contributed by atoms with Crippen LogP contribution in [0.4, 0.5) is 0 Å². The van der Waals surface area contributed by atoms with Gasteiger partial charge in [-0.1, -0.05) is 0 Å². The van der Waals surface area contributed by atoms with Crippen LogP contribution in [0.3, 0.4) is 0 Å². The first-order chi connectivity index (χ1) is 15.4. The lowest BCUT2D eigenvalue weighted by atomic mass is 9.54. The molecule has 1 amide bonds. The molecule has 6 fully saturated rings. The molecule has 7 heteroatoms. The molecule has 178 valence electrons. The van der Waals surface area contributed by atoms with Crippen LogP contribution < -0.4 is 5.32 Å². The van der Waals surface area contributed by atoms with Crippen molar-refractivity contribution >= 4 is 18.6 Å². The zero-order chi connectivity index (χ0) is 22.3. The maximum atomic E-state index is 13.5. The van der Waals surface area contributed by atoms with Crippen LogP contribution in [0.1, 0.15) is 58.8 Å². The first-order valence-electron chi connectivity index (χ1n) is 12.8. The predicted octanol–water partition coefficient (Wildman–Crippen LogP) is 2.76. The molecule has 6 atom stereocenters. The Hall–Kier alpha value is -1.47. The molecule has 0 aromatic carbocycles. The van der Waals surface area contributed by atoms with Gasteiger partial charge in [-0.25, -0.2) is 4.99 Å². The summed E-state index contributed by atoms with van der Waals surface area (Å²) in [5.41, 5.74) is 0.255. The van der Waals surface area contributed by atoms with Crippen LogP contribution in [-0.2, 0) is 9.53 Å². The van der Waals surface area contributed by atoms with Gasteiger partial charge in [0.1, 0.15) is 6.34 Å². The van der Waals surface area contributed by atoms with E-state index in [1.165, 1.54) is 32.1 Å². The van der Waals surface area contributed by atoms with Gasteiger partial charge in [0, 0.05) is 44.7 Å². The van der Waals surface area contributed by atoms with Gasteiger partial charge in [-0.05, 0) is 81.5 Å². The van der Waals surface area contributed by atoms with Crippen molar-refractivity contribution in [3.05, 3.63) is 0 Å². The number of amides is 1. The molecule has 1 aliphatic heterocycles. The van der Waals surface area contributed by atoms with Crippen molar-refractivity contribution in [1.82, 2.24) is 15.1 Å². The number of rotatable bonds is 9. The summed E-state index contributed by atoms with van der Waals surface area (Å²) in [6.45, 7) is 9.50. The van der Waals surface area contributed by atoms with Crippen LogP contribution in [0.15, 0.2) is 4.99 Å². The highest BCUT2D eigenvalue weighted by Crippen LogP contribution is 2.71. The topological polar surface area (TPSA) is 81.0 Å². The molecule has 7 nitrogen and oxygen atoms in total. The minimum absolute atomic E-state index is 0.110. The number of aliphatic imine (C=N–C) groups is 1. The van der Waals surface area contributed by atoms with Crippen molar-refractivity contribution in [3.8, 4) is 0 Å². The predicted molar refractivity (Wildman–Crippen MR) is 126 cm³/mol. The molecule has 0 radical (unpaired) electrons. The van der Waals surface area contributed by atoms with E-state index in [9.17, 15) is 4.79 Å². The van der Waals surface area contributed by atoms with E-state index in [1.54, 1.807) is 6.34 Å². The second kappa shape index (κ2) is 8.71. The molecule has 0 spiro atoms. The number of piperazine rings is 1. The monoisotopic (exact) mass is 443 g/mol. The molecule has 2 N–H and O–H groups in total. The standard InChI is InChI=1S/C25H41N5O2/c1-18(2)32-10-9-29-5-7-30(8-6-29)22(31)14-24-4-3-21-19(12-24)11-20-13-25(15-24,23(20)21)28-17-27-16-26/h16-21,23H,3-15H2,1-2H3,(H2,26,27,28). The van der Waals surface area contributed by atoms with Gasteiger partial charge < -0.3 is 15.0 Å². The van der Waals surface area contributed by atoms with Gasteiger partial charge in [0.05, 0.1) is 19.0 Å². The molecule has 5 aliphatic carbocycles. The zero-order valence-electron chi connectivity index (χ0n) is 19.9. The van der Waals surface area contributed by atoms with E-state index in [0.29, 0.717) is 5.91 Å². The highest BCUT2D eigenvalue weighted by Gasteiger charge is 2.68. The first kappa shape index (κ1) is 22.3. The molecule has 0 aromatic heterocycles. The number of nitrogens with one attached hydrogen (secondary N) is 2. The Morgan fingerprint density at radius 2 is 2.06 bits per heavy atom. The Morgan fingerprint density at radius 3 is 2.81 bits per heavy atom. The van der Waals surface area contributed by atoms with Gasteiger partial charge in [-0.15, -0.1) is 0 Å². The third-order valence-corrected chi connectivity index (χ3v) is 9.45. The summed E-state index contributed by atoms with van der Waals surface area (Å²) in [7, 11) is 0. The smallest absolute Gasteiger partial charge is 0.223 e. The fraction of sp³-hybridized carbons (Fsp3) is 0.880. The van der Waals surface area contributed by atoms with E-state index in [-0.39, 0.29) is 17.1 Å². The summed E-state index contributed by atoms with van der Waals surface area (Å²) in [4.78, 5) is 22.1. The van der Waals surface area contributed by atoms with Crippen molar-refractivity contribution < 1.29 is 9.53 Å². The van der Waals surface area contributed by atoms with E-state index >= 15 is 0 Å². The molecule has 5 saturated carbocycles. The second-order valence-electron chi connectivity index (χ2n) is 11.6. The second-order valence-corrected chi connectivity index (χ2v) is 11.6. The van der Waals surface area contributed by atoms with Crippen molar-refractivity contribution in [2.75, 3.05) is 39.3 Å². The minimum atomic E-state index is 0.110. The molecule has 4 bridgehead atoms. The van der Waals surface area contributed by atoms with E-state index in [4.69, 9.17) is 10.1 Å². The fourth-order valence-corrected chi connectivity index (χ4v) is 8.37. The van der Waals surface area contributed by atoms with Gasteiger partial charge in [0.15, 0.2) is 0 Å². The number of carbonyl (C=O) groups excluding carboxylic acids is 1. The average Bonchev–Trinajstić information content (AvgIpc) is 2.95. The maximum Gasteiger partial charge on any atom is 0.223 e. The summed E-state index contributed by atoms with van der Waals surface area (Å²) >= 11 is 0. The Bertz CT molecular complexity index is 749. The Morgan fingerprint density at radius 1 is 1.25 bits per heavy atom. The van der Waals surface area contributed by atoms with Gasteiger partial charge >= 0.3 is 0 Å². The third-order valence-electron chi connectivity index (χ3n) is 9.45. The van der Waals surface area contributed by atoms with Gasteiger partial charge in [0.25, 0.3) is 0 Å². The number of hydrogen-bond acceptors (Lipinski definition) is 4. The number of carbonyl (C=O) groups is 1. The normalized spacial score (nSPS) is 40.5. The van der Waals surface area contributed by atoms with Crippen LogP contribution >= 0.6 is 0 Å². The number of nitrogens with zero attached hydrogens (tertiary/aromatic N) is 3. The van der Waals surface area contributed by atoms with Gasteiger partial charge in [0.2, 0.25) is 5.91 Å². The van der Waals surface area contributed by atoms with E-state index in [1.807, 2.05) is 0 Å². The minimum Gasteiger partial charge on any atom is -0.377 e. The fourth-order valence-electron chi connectivity index (χ4n) is 8.37. The van der Waals surface area contributed by atoms with Crippen LogP contribution in [0.25, 0.3) is 0 Å². The zero-order valence-corrected chi connectivity index (χ0v) is 19.9. The van der Waals surface area contributed by atoms with Crippen LogP contribution in [0.2, 0.25) is 0 Å². The largest absolute Gasteiger partial charge is 0.377 e. The van der Waals surface area contributed by atoms with Crippen LogP contribution in [0, 0.1) is 34.5 Å². The van der Waals surface area contributed by atoms with Crippen LogP contribution in [0.5, 0.6) is 0 Å². The number of fused-ring (bicyclic) bond motifs is 1. The SMILES string of the molecule is CC(C)OCCN1CCN(C(=O)CC23CCC4C(CC5CC(N/C=N\C=N)(C2)C54)C3)CC1. The summed E-state index contributed by atoms with van der Waals surface area (Å²) in [6.07, 6.45) is 11.3. The van der Waals surface area contributed by atoms with Crippen molar-refractivity contribution in [1.29, 1.82) is 5.41 Å². The van der Waals surface area contributed by atoms with Crippen LogP contribution in [-0.4, -0.2) is 79.4 Å². The Labute approximate surface area is 192 Å². The van der Waals surface area contributed by atoms with Gasteiger partial charge in [-0.3, -0.25) is 15.1 Å². The van der Waals surface area contributed by atoms with E-state index in [2.05, 4.69) is 34.0 Å². The van der Waals surface area contributed by atoms with E-state index < -0.39 is 0 Å². The summed E-state index contributed by atoms with van der Waals surface area (Å²) in [5, 5.41) is 10.9. The lowest BCUT2D eigenvalue weighted by Crippen LogP contribution is -2.63. The summed E-state index contributed by atoms with van der Waals surface area (Å²) in [6, 6.07) is 0. The number of hydrogen-bond donors (Lipinski definition) is 2.